The lowest BCUT2D eigenvalue weighted by atomic mass is 10.1. The maximum absolute atomic E-state index is 12.7. The Morgan fingerprint density at radius 1 is 0.962 bits per heavy atom. The Morgan fingerprint density at radius 2 is 1.58 bits per heavy atom. The first kappa shape index (κ1) is 20.7. The van der Waals surface area contributed by atoms with Gasteiger partial charge in [0, 0.05) is 14.1 Å². The molecule has 26 heavy (non-hydrogen) atoms. The van der Waals surface area contributed by atoms with Crippen molar-refractivity contribution in [1.29, 1.82) is 0 Å². The number of hydrogen-bond acceptors (Lipinski definition) is 4. The average molecular weight is 417 g/mol. The third-order valence-corrected chi connectivity index (χ3v) is 7.68. The summed E-state index contributed by atoms with van der Waals surface area (Å²) in [7, 11) is -4.84. The molecule has 2 rings (SSSR count). The second-order valence-electron chi connectivity index (χ2n) is 6.24. The van der Waals surface area contributed by atoms with Crippen molar-refractivity contribution in [1.82, 2.24) is 4.31 Å². The molecule has 2 aromatic carbocycles. The third kappa shape index (κ3) is 4.03. The van der Waals surface area contributed by atoms with Crippen LogP contribution in [0.3, 0.4) is 0 Å². The molecule has 0 radical (unpaired) electrons. The molecule has 0 unspecified atom stereocenters. The van der Waals surface area contributed by atoms with Crippen LogP contribution in [0.2, 0.25) is 5.02 Å². The predicted molar refractivity (Wildman–Crippen MR) is 104 cm³/mol. The van der Waals surface area contributed by atoms with E-state index < -0.39 is 20.0 Å². The molecule has 9 heteroatoms. The van der Waals surface area contributed by atoms with Gasteiger partial charge in [0.25, 0.3) is 10.0 Å². The molecule has 0 aliphatic rings. The molecule has 0 bridgehead atoms. The first-order valence-corrected chi connectivity index (χ1v) is 11.0. The van der Waals surface area contributed by atoms with Crippen LogP contribution in [0.15, 0.2) is 40.1 Å². The van der Waals surface area contributed by atoms with Crippen LogP contribution in [-0.2, 0) is 20.0 Å². The summed E-state index contributed by atoms with van der Waals surface area (Å²) < 4.78 is 53.8. The number of aryl methyl sites for hydroxylation is 2. The van der Waals surface area contributed by atoms with Crippen molar-refractivity contribution in [3.8, 4) is 0 Å². The number of nitrogens with one attached hydrogen (secondary N) is 1. The summed E-state index contributed by atoms with van der Waals surface area (Å²) in [6.45, 7) is 5.25. The van der Waals surface area contributed by atoms with E-state index in [1.54, 1.807) is 32.9 Å². The van der Waals surface area contributed by atoms with E-state index >= 15 is 0 Å². The highest BCUT2D eigenvalue weighted by molar-refractivity contribution is 7.93. The molecule has 6 nitrogen and oxygen atoms in total. The molecule has 0 aliphatic carbocycles. The predicted octanol–water partition coefficient (Wildman–Crippen LogP) is 3.32. The molecule has 1 N–H and O–H groups in total. The van der Waals surface area contributed by atoms with Crippen molar-refractivity contribution in [2.75, 3.05) is 18.8 Å². The second-order valence-corrected chi connectivity index (χ2v) is 10.4. The van der Waals surface area contributed by atoms with E-state index in [1.807, 2.05) is 0 Å². The van der Waals surface area contributed by atoms with Gasteiger partial charge in [0.05, 0.1) is 15.6 Å². The fourth-order valence-electron chi connectivity index (χ4n) is 2.32. The van der Waals surface area contributed by atoms with Gasteiger partial charge in [0.15, 0.2) is 0 Å². The maximum atomic E-state index is 12.7. The minimum Gasteiger partial charge on any atom is -0.279 e. The summed E-state index contributed by atoms with van der Waals surface area (Å²) in [5, 5.41) is 0.101. The van der Waals surface area contributed by atoms with Crippen molar-refractivity contribution >= 4 is 37.3 Å². The highest BCUT2D eigenvalue weighted by atomic mass is 35.5. The second kappa shape index (κ2) is 7.19. The van der Waals surface area contributed by atoms with Gasteiger partial charge in [-0.3, -0.25) is 4.72 Å². The van der Waals surface area contributed by atoms with E-state index in [4.69, 9.17) is 11.6 Å². The van der Waals surface area contributed by atoms with Crippen LogP contribution >= 0.6 is 11.6 Å². The van der Waals surface area contributed by atoms with Gasteiger partial charge in [-0.05, 0) is 61.7 Å². The zero-order chi connectivity index (χ0) is 19.9. The van der Waals surface area contributed by atoms with E-state index in [2.05, 4.69) is 4.72 Å². The molecule has 0 amide bonds. The van der Waals surface area contributed by atoms with Crippen LogP contribution in [0.1, 0.15) is 16.7 Å². The number of benzene rings is 2. The molecule has 0 aromatic heterocycles. The fraction of sp³-hybridized carbons (Fsp3) is 0.294. The van der Waals surface area contributed by atoms with Gasteiger partial charge in [-0.25, -0.2) is 21.1 Å². The first-order valence-electron chi connectivity index (χ1n) is 7.69. The molecule has 0 aliphatic heterocycles. The highest BCUT2D eigenvalue weighted by Crippen LogP contribution is 2.29. The van der Waals surface area contributed by atoms with Crippen LogP contribution < -0.4 is 4.72 Å². The Kier molecular flexibility index (Phi) is 5.72. The quantitative estimate of drug-likeness (QED) is 0.810. The number of sulfonamides is 2. The number of nitrogens with zero attached hydrogens (tertiary/aromatic N) is 1. The summed E-state index contributed by atoms with van der Waals surface area (Å²) in [6, 6.07) is 7.45. The summed E-state index contributed by atoms with van der Waals surface area (Å²) in [4.78, 5) is -0.0546. The standard InChI is InChI=1S/C17H21ClN2O4S2/c1-11-6-7-17(15(18)8-11)25(21,22)19-16-10-14(9-12(2)13(16)3)26(23,24)20(4)5/h6-10,19H,1-5H3. The molecule has 0 spiro atoms. The van der Waals surface area contributed by atoms with Crippen LogP contribution in [0.4, 0.5) is 5.69 Å². The number of halogens is 1. The van der Waals surface area contributed by atoms with Gasteiger partial charge in [-0.15, -0.1) is 0 Å². The van der Waals surface area contributed by atoms with Gasteiger partial charge in [0.2, 0.25) is 10.0 Å². The Bertz CT molecular complexity index is 1060. The molecule has 0 heterocycles. The third-order valence-electron chi connectivity index (χ3n) is 4.04. The first-order chi connectivity index (χ1) is 11.9. The summed E-state index contributed by atoms with van der Waals surface area (Å²) in [5.74, 6) is 0. The number of hydrogen-bond donors (Lipinski definition) is 1. The zero-order valence-electron chi connectivity index (χ0n) is 15.2. The van der Waals surface area contributed by atoms with E-state index in [-0.39, 0.29) is 20.5 Å². The van der Waals surface area contributed by atoms with Gasteiger partial charge >= 0.3 is 0 Å². The van der Waals surface area contributed by atoms with Gasteiger partial charge in [0.1, 0.15) is 4.90 Å². The lowest BCUT2D eigenvalue weighted by molar-refractivity contribution is 0.520. The van der Waals surface area contributed by atoms with E-state index in [9.17, 15) is 16.8 Å². The Balaban J connectivity index is 2.57. The fourth-order valence-corrected chi connectivity index (χ4v) is 5.04. The Labute approximate surface area is 159 Å². The van der Waals surface area contributed by atoms with Crippen molar-refractivity contribution in [2.24, 2.45) is 0 Å². The zero-order valence-corrected chi connectivity index (χ0v) is 17.6. The minimum absolute atomic E-state index is 0.0123. The van der Waals surface area contributed by atoms with E-state index in [0.717, 1.165) is 9.87 Å². The lowest BCUT2D eigenvalue weighted by Crippen LogP contribution is -2.23. The van der Waals surface area contributed by atoms with Gasteiger partial charge in [-0.1, -0.05) is 17.7 Å². The van der Waals surface area contributed by atoms with Crippen molar-refractivity contribution < 1.29 is 16.8 Å². The molecule has 0 atom stereocenters. The molecule has 0 saturated heterocycles. The van der Waals surface area contributed by atoms with E-state index in [0.29, 0.717) is 11.1 Å². The molecule has 0 saturated carbocycles. The molecule has 142 valence electrons. The molecule has 2 aromatic rings. The summed E-state index contributed by atoms with van der Waals surface area (Å²) in [5.41, 5.74) is 2.32. The smallest absolute Gasteiger partial charge is 0.263 e. The van der Waals surface area contributed by atoms with E-state index in [1.165, 1.54) is 32.3 Å². The molecular weight excluding hydrogens is 396 g/mol. The summed E-state index contributed by atoms with van der Waals surface area (Å²) >= 11 is 6.08. The van der Waals surface area contributed by atoms with Crippen molar-refractivity contribution in [3.05, 3.63) is 52.0 Å². The van der Waals surface area contributed by atoms with Crippen LogP contribution in [-0.4, -0.2) is 35.2 Å². The largest absolute Gasteiger partial charge is 0.279 e. The molecule has 0 fully saturated rings. The van der Waals surface area contributed by atoms with Gasteiger partial charge in [-0.2, -0.15) is 0 Å². The monoisotopic (exact) mass is 416 g/mol. The van der Waals surface area contributed by atoms with Crippen LogP contribution in [0, 0.1) is 20.8 Å². The Hall–Kier alpha value is -1.61. The van der Waals surface area contributed by atoms with Crippen LogP contribution in [0.5, 0.6) is 0 Å². The average Bonchev–Trinajstić information content (AvgIpc) is 2.50. The SMILES string of the molecule is Cc1ccc(S(=O)(=O)Nc2cc(S(=O)(=O)N(C)C)cc(C)c2C)c(Cl)c1. The summed E-state index contributed by atoms with van der Waals surface area (Å²) in [6.07, 6.45) is 0. The highest BCUT2D eigenvalue weighted by Gasteiger charge is 2.23. The van der Waals surface area contributed by atoms with Crippen LogP contribution in [0.25, 0.3) is 0 Å². The normalized spacial score (nSPS) is 12.4. The van der Waals surface area contributed by atoms with Crippen molar-refractivity contribution in [2.45, 2.75) is 30.6 Å². The van der Waals surface area contributed by atoms with Crippen molar-refractivity contribution in [3.63, 3.8) is 0 Å². The molecular formula is C17H21ClN2O4S2. The lowest BCUT2D eigenvalue weighted by Gasteiger charge is -2.17. The minimum atomic E-state index is -3.97. The maximum Gasteiger partial charge on any atom is 0.263 e. The number of rotatable bonds is 5. The topological polar surface area (TPSA) is 83.5 Å². The van der Waals surface area contributed by atoms with Gasteiger partial charge < -0.3 is 0 Å². The Morgan fingerprint density at radius 3 is 2.12 bits per heavy atom. The number of anilines is 1.